The minimum atomic E-state index is -3.02. The van der Waals surface area contributed by atoms with Crippen molar-refractivity contribution in [2.45, 2.75) is 38.5 Å². The van der Waals surface area contributed by atoms with E-state index in [1.165, 1.54) is 4.88 Å². The highest BCUT2D eigenvalue weighted by atomic mass is 32.2. The molecular weight excluding hydrogens is 254 g/mol. The van der Waals surface area contributed by atoms with Crippen molar-refractivity contribution in [1.29, 1.82) is 0 Å². The van der Waals surface area contributed by atoms with Gasteiger partial charge in [-0.3, -0.25) is 0 Å². The van der Waals surface area contributed by atoms with Crippen LogP contribution in [0.1, 0.15) is 38.6 Å². The predicted octanol–water partition coefficient (Wildman–Crippen LogP) is 2.61. The van der Waals surface area contributed by atoms with E-state index in [-0.39, 0.29) is 11.8 Å². The Hall–Kier alpha value is -0.390. The van der Waals surface area contributed by atoms with Gasteiger partial charge in [-0.1, -0.05) is 6.07 Å². The van der Waals surface area contributed by atoms with Gasteiger partial charge in [0, 0.05) is 17.5 Å². The molecule has 1 N–H and O–H groups in total. The Morgan fingerprint density at radius 2 is 2.06 bits per heavy atom. The van der Waals surface area contributed by atoms with E-state index in [0.717, 1.165) is 0 Å². The predicted molar refractivity (Wildman–Crippen MR) is 74.3 cm³/mol. The molecule has 0 aromatic carbocycles. The molecule has 0 saturated carbocycles. The average Bonchev–Trinajstić information content (AvgIpc) is 2.67. The Bertz CT molecular complexity index is 430. The summed E-state index contributed by atoms with van der Waals surface area (Å²) in [6, 6.07) is 4.27. The molecular formula is C12H21NO2S2. The maximum atomic E-state index is 11.9. The molecule has 0 aliphatic heterocycles. The van der Waals surface area contributed by atoms with Crippen molar-refractivity contribution >= 4 is 21.2 Å². The van der Waals surface area contributed by atoms with Gasteiger partial charge in [0.2, 0.25) is 0 Å². The van der Waals surface area contributed by atoms with Crippen LogP contribution in [-0.4, -0.2) is 25.5 Å². The van der Waals surface area contributed by atoms with E-state index in [1.807, 2.05) is 11.4 Å². The van der Waals surface area contributed by atoms with Crippen molar-refractivity contribution in [3.63, 3.8) is 0 Å². The summed E-state index contributed by atoms with van der Waals surface area (Å²) in [6.07, 6.45) is 0. The molecule has 1 aromatic rings. The van der Waals surface area contributed by atoms with Crippen LogP contribution in [0.2, 0.25) is 0 Å². The summed E-state index contributed by atoms with van der Waals surface area (Å²) < 4.78 is 23.1. The van der Waals surface area contributed by atoms with Gasteiger partial charge in [0.05, 0.1) is 10.5 Å². The van der Waals surface area contributed by atoms with Gasteiger partial charge in [-0.2, -0.15) is 0 Å². The zero-order valence-electron chi connectivity index (χ0n) is 10.9. The van der Waals surface area contributed by atoms with Gasteiger partial charge >= 0.3 is 0 Å². The number of hydrogen-bond donors (Lipinski definition) is 1. The van der Waals surface area contributed by atoms with Crippen molar-refractivity contribution in [1.82, 2.24) is 5.32 Å². The molecule has 1 heterocycles. The van der Waals surface area contributed by atoms with Gasteiger partial charge in [0.1, 0.15) is 0 Å². The second-order valence-electron chi connectivity index (χ2n) is 5.12. The molecule has 0 aliphatic carbocycles. The van der Waals surface area contributed by atoms with Crippen molar-refractivity contribution in [2.24, 2.45) is 0 Å². The molecule has 1 atom stereocenters. The fraction of sp³-hybridized carbons (Fsp3) is 0.667. The van der Waals surface area contributed by atoms with Crippen LogP contribution in [0, 0.1) is 0 Å². The molecule has 0 spiro atoms. The van der Waals surface area contributed by atoms with Gasteiger partial charge < -0.3 is 5.32 Å². The number of nitrogens with one attached hydrogen (secondary N) is 1. The largest absolute Gasteiger partial charge is 0.308 e. The molecule has 1 rings (SSSR count). The summed E-state index contributed by atoms with van der Waals surface area (Å²) >= 11 is 1.68. The lowest BCUT2D eigenvalue weighted by Gasteiger charge is -2.20. The number of thiophene rings is 1. The first-order valence-corrected chi connectivity index (χ1v) is 8.26. The lowest BCUT2D eigenvalue weighted by molar-refractivity contribution is 0.548. The number of sulfone groups is 1. The summed E-state index contributed by atoms with van der Waals surface area (Å²) in [5.41, 5.74) is 0. The van der Waals surface area contributed by atoms with E-state index in [9.17, 15) is 8.42 Å². The SMILES string of the molecule is C[C@@H](NCCS(=O)(=O)C(C)(C)C)c1cccs1. The molecule has 5 heteroatoms. The monoisotopic (exact) mass is 275 g/mol. The summed E-state index contributed by atoms with van der Waals surface area (Å²) in [5, 5.41) is 5.27. The molecule has 0 radical (unpaired) electrons. The van der Waals surface area contributed by atoms with Gasteiger partial charge in [-0.25, -0.2) is 8.42 Å². The van der Waals surface area contributed by atoms with E-state index in [2.05, 4.69) is 18.3 Å². The minimum absolute atomic E-state index is 0.187. The normalized spacial score (nSPS) is 14.8. The van der Waals surface area contributed by atoms with Crippen LogP contribution in [0.25, 0.3) is 0 Å². The lowest BCUT2D eigenvalue weighted by Crippen LogP contribution is -2.35. The first-order valence-electron chi connectivity index (χ1n) is 5.73. The molecule has 0 bridgehead atoms. The zero-order chi connectivity index (χ0) is 13.1. The van der Waals surface area contributed by atoms with Crippen molar-refractivity contribution in [3.05, 3.63) is 22.4 Å². The Labute approximate surface area is 108 Å². The highest BCUT2D eigenvalue weighted by molar-refractivity contribution is 7.92. The van der Waals surface area contributed by atoms with Crippen molar-refractivity contribution < 1.29 is 8.42 Å². The molecule has 0 aliphatic rings. The number of rotatable bonds is 5. The minimum Gasteiger partial charge on any atom is -0.308 e. The van der Waals surface area contributed by atoms with E-state index in [4.69, 9.17) is 0 Å². The molecule has 0 amide bonds. The fourth-order valence-electron chi connectivity index (χ4n) is 1.35. The van der Waals surface area contributed by atoms with Crippen molar-refractivity contribution in [2.75, 3.05) is 12.3 Å². The molecule has 3 nitrogen and oxygen atoms in total. The maximum absolute atomic E-state index is 11.9. The average molecular weight is 275 g/mol. The Morgan fingerprint density at radius 3 is 2.53 bits per heavy atom. The summed E-state index contributed by atoms with van der Waals surface area (Å²) in [7, 11) is -3.02. The highest BCUT2D eigenvalue weighted by Gasteiger charge is 2.28. The molecule has 0 fully saturated rings. The smallest absolute Gasteiger partial charge is 0.156 e. The van der Waals surface area contributed by atoms with Crippen LogP contribution in [0.3, 0.4) is 0 Å². The lowest BCUT2D eigenvalue weighted by atomic mass is 10.3. The second-order valence-corrected chi connectivity index (χ2v) is 8.96. The Kier molecular flexibility index (Phi) is 4.75. The first-order chi connectivity index (χ1) is 7.74. The van der Waals surface area contributed by atoms with E-state index < -0.39 is 14.6 Å². The standard InChI is InChI=1S/C12H21NO2S2/c1-10(11-6-5-8-16-11)13-7-9-17(14,15)12(2,3)4/h5-6,8,10,13H,7,9H2,1-4H3/t10-/m1/s1. The van der Waals surface area contributed by atoms with Gasteiger partial charge in [-0.05, 0) is 39.1 Å². The summed E-state index contributed by atoms with van der Waals surface area (Å²) in [6.45, 7) is 7.77. The van der Waals surface area contributed by atoms with E-state index >= 15 is 0 Å². The molecule has 0 saturated heterocycles. The van der Waals surface area contributed by atoms with Crippen LogP contribution in [-0.2, 0) is 9.84 Å². The van der Waals surface area contributed by atoms with E-state index in [0.29, 0.717) is 6.54 Å². The highest BCUT2D eigenvalue weighted by Crippen LogP contribution is 2.19. The third-order valence-electron chi connectivity index (χ3n) is 2.72. The molecule has 98 valence electrons. The molecule has 1 aromatic heterocycles. The summed E-state index contributed by atoms with van der Waals surface area (Å²) in [5.74, 6) is 0.187. The van der Waals surface area contributed by atoms with Gasteiger partial charge in [0.25, 0.3) is 0 Å². The van der Waals surface area contributed by atoms with Crippen molar-refractivity contribution in [3.8, 4) is 0 Å². The third kappa shape index (κ3) is 4.08. The molecule has 17 heavy (non-hydrogen) atoms. The zero-order valence-corrected chi connectivity index (χ0v) is 12.5. The topological polar surface area (TPSA) is 46.2 Å². The van der Waals surface area contributed by atoms with Crippen LogP contribution in [0.15, 0.2) is 17.5 Å². The molecule has 0 unspecified atom stereocenters. The first kappa shape index (κ1) is 14.7. The van der Waals surface area contributed by atoms with Crippen LogP contribution < -0.4 is 5.32 Å². The van der Waals surface area contributed by atoms with E-state index in [1.54, 1.807) is 32.1 Å². The number of hydrogen-bond acceptors (Lipinski definition) is 4. The summed E-state index contributed by atoms with van der Waals surface area (Å²) in [4.78, 5) is 1.23. The van der Waals surface area contributed by atoms with Crippen LogP contribution in [0.4, 0.5) is 0 Å². The fourth-order valence-corrected chi connectivity index (χ4v) is 3.11. The van der Waals surface area contributed by atoms with Crippen LogP contribution in [0.5, 0.6) is 0 Å². The maximum Gasteiger partial charge on any atom is 0.156 e. The quantitative estimate of drug-likeness (QED) is 0.898. The third-order valence-corrected chi connectivity index (χ3v) is 6.39. The second kappa shape index (κ2) is 5.50. The van der Waals surface area contributed by atoms with Crippen LogP contribution >= 0.6 is 11.3 Å². The Balaban J connectivity index is 2.44. The van der Waals surface area contributed by atoms with Gasteiger partial charge in [-0.15, -0.1) is 11.3 Å². The van der Waals surface area contributed by atoms with Gasteiger partial charge in [0.15, 0.2) is 9.84 Å². The Morgan fingerprint density at radius 1 is 1.41 bits per heavy atom.